The summed E-state index contributed by atoms with van der Waals surface area (Å²) >= 11 is 6.37. The Morgan fingerprint density at radius 1 is 1.17 bits per heavy atom. The van der Waals surface area contributed by atoms with Gasteiger partial charge in [0.25, 0.3) is 10.0 Å². The summed E-state index contributed by atoms with van der Waals surface area (Å²) in [6, 6.07) is 8.79. The van der Waals surface area contributed by atoms with Gasteiger partial charge < -0.3 is 20.4 Å². The van der Waals surface area contributed by atoms with Crippen LogP contribution in [0.2, 0.25) is 5.02 Å². The van der Waals surface area contributed by atoms with Gasteiger partial charge in [-0.3, -0.25) is 9.79 Å². The van der Waals surface area contributed by atoms with E-state index in [1.807, 2.05) is 24.4 Å². The molecule has 1 amide bonds. The van der Waals surface area contributed by atoms with E-state index in [2.05, 4.69) is 30.9 Å². The molecule has 2 aromatic heterocycles. The van der Waals surface area contributed by atoms with Crippen LogP contribution in [0.5, 0.6) is 0 Å². The maximum absolute atomic E-state index is 13.1. The summed E-state index contributed by atoms with van der Waals surface area (Å²) in [5.41, 5.74) is 3.47. The van der Waals surface area contributed by atoms with Crippen LogP contribution >= 0.6 is 11.6 Å². The number of nitrogens with zero attached hydrogens (tertiary/aromatic N) is 4. The molecule has 1 fully saturated rings. The van der Waals surface area contributed by atoms with Crippen LogP contribution in [0.25, 0.3) is 0 Å². The van der Waals surface area contributed by atoms with Gasteiger partial charge in [0.05, 0.1) is 12.5 Å². The number of anilines is 4. The third-order valence-corrected chi connectivity index (χ3v) is 9.65. The number of amides is 1. The van der Waals surface area contributed by atoms with Gasteiger partial charge in [0.15, 0.2) is 5.82 Å². The number of benzene rings is 1. The molecule has 1 aromatic carbocycles. The van der Waals surface area contributed by atoms with Crippen LogP contribution in [-0.2, 0) is 21.2 Å². The maximum Gasteiger partial charge on any atom is 0.276 e. The number of piperidine rings is 1. The fourth-order valence-electron chi connectivity index (χ4n) is 5.39. The Morgan fingerprint density at radius 3 is 2.83 bits per heavy atom. The number of allylic oxidation sites excluding steroid dienone is 1. The highest BCUT2D eigenvalue weighted by molar-refractivity contribution is 7.89. The zero-order valence-corrected chi connectivity index (χ0v) is 23.8. The van der Waals surface area contributed by atoms with E-state index in [0.29, 0.717) is 49.1 Å². The lowest BCUT2D eigenvalue weighted by atomic mass is 9.93. The summed E-state index contributed by atoms with van der Waals surface area (Å²) in [6.45, 7) is 0.711. The summed E-state index contributed by atoms with van der Waals surface area (Å²) in [5.74, 6) is 1.14. The Hall–Kier alpha value is -3.74. The first-order valence-electron chi connectivity index (χ1n) is 13.6. The van der Waals surface area contributed by atoms with Crippen molar-refractivity contribution < 1.29 is 17.6 Å². The molecule has 11 nitrogen and oxygen atoms in total. The van der Waals surface area contributed by atoms with E-state index in [0.717, 1.165) is 41.9 Å². The topological polar surface area (TPSA) is 142 Å². The van der Waals surface area contributed by atoms with Crippen LogP contribution in [0, 0.1) is 11.8 Å². The van der Waals surface area contributed by atoms with E-state index in [9.17, 15) is 13.2 Å². The van der Waals surface area contributed by atoms with Gasteiger partial charge in [-0.25, -0.2) is 13.4 Å². The van der Waals surface area contributed by atoms with Gasteiger partial charge in [0, 0.05) is 54.9 Å². The smallest absolute Gasteiger partial charge is 0.276 e. The second-order valence-corrected chi connectivity index (χ2v) is 12.8. The highest BCUT2D eigenvalue weighted by Gasteiger charge is 2.32. The molecule has 1 atom stereocenters. The van der Waals surface area contributed by atoms with E-state index in [4.69, 9.17) is 16.0 Å². The number of rotatable bonds is 5. The largest absolute Gasteiger partial charge is 0.452 e. The molecule has 3 aliphatic heterocycles. The van der Waals surface area contributed by atoms with Crippen molar-refractivity contribution >= 4 is 56.9 Å². The standard InChI is InChI=1S/C28H30ClN7O4S/c29-23-17-31-28-33-22-12-19(15-30-16-22)3-4-20-14-21(32-27(23)35-28)5-6-24(20)34-25(37)13-18-7-9-36(10-8-18)41(38,39)26-2-1-11-40-26/h1-2,5-6,11,14-19H,3-4,7-10,12-13H2,(H,34,37)(H2,31,32,33,35). The van der Waals surface area contributed by atoms with Crippen LogP contribution in [0.15, 0.2) is 69.2 Å². The van der Waals surface area contributed by atoms with Gasteiger partial charge >= 0.3 is 0 Å². The van der Waals surface area contributed by atoms with Crippen molar-refractivity contribution in [1.29, 1.82) is 0 Å². The number of aryl methyl sites for hydroxylation is 1. The average Bonchev–Trinajstić information content (AvgIpc) is 3.51. The minimum Gasteiger partial charge on any atom is -0.452 e. The number of furan rings is 1. The van der Waals surface area contributed by atoms with Gasteiger partial charge in [-0.1, -0.05) is 11.6 Å². The predicted molar refractivity (Wildman–Crippen MR) is 157 cm³/mol. The number of halogens is 1. The zero-order valence-electron chi connectivity index (χ0n) is 22.2. The first-order chi connectivity index (χ1) is 19.8. The molecular formula is C28H30ClN7O4S. The normalized spacial score (nSPS) is 19.5. The molecule has 3 aromatic rings. The Labute approximate surface area is 243 Å². The third-order valence-electron chi connectivity index (χ3n) is 7.59. The molecule has 5 heterocycles. The minimum atomic E-state index is -3.64. The third kappa shape index (κ3) is 6.29. The molecular weight excluding hydrogens is 566 g/mol. The van der Waals surface area contributed by atoms with E-state index < -0.39 is 10.0 Å². The van der Waals surface area contributed by atoms with Crippen LogP contribution in [0.1, 0.15) is 37.7 Å². The van der Waals surface area contributed by atoms with Crippen LogP contribution in [-0.4, -0.2) is 47.9 Å². The van der Waals surface area contributed by atoms with Crippen LogP contribution in [0.4, 0.5) is 23.1 Å². The molecule has 0 saturated carbocycles. The minimum absolute atomic E-state index is 0.0498. The molecule has 3 N–H and O–H groups in total. The summed E-state index contributed by atoms with van der Waals surface area (Å²) in [6.07, 6.45) is 10.5. The molecule has 0 spiro atoms. The van der Waals surface area contributed by atoms with Crippen LogP contribution in [0.3, 0.4) is 0 Å². The van der Waals surface area contributed by atoms with Crippen molar-refractivity contribution in [2.24, 2.45) is 16.8 Å². The number of carbonyl (C=O) groups excluding carboxylic acids is 1. The number of aliphatic imine (C=N–C) groups is 1. The molecule has 0 aliphatic carbocycles. The molecule has 6 rings (SSSR count). The Morgan fingerprint density at radius 2 is 2.02 bits per heavy atom. The maximum atomic E-state index is 13.1. The number of hydrogen-bond donors (Lipinski definition) is 3. The van der Waals surface area contributed by atoms with Crippen molar-refractivity contribution in [2.45, 2.75) is 43.6 Å². The van der Waals surface area contributed by atoms with Crippen LogP contribution < -0.4 is 16.0 Å². The summed E-state index contributed by atoms with van der Waals surface area (Å²) in [7, 11) is -3.64. The molecule has 214 valence electrons. The second kappa shape index (κ2) is 11.6. The lowest BCUT2D eigenvalue weighted by Gasteiger charge is -2.30. The number of aromatic nitrogens is 2. The fraction of sp³-hybridized carbons (Fsp3) is 0.357. The number of nitrogens with one attached hydrogen (secondary N) is 3. The molecule has 6 bridgehead atoms. The van der Waals surface area contributed by atoms with E-state index in [-0.39, 0.29) is 22.8 Å². The fourth-order valence-corrected chi connectivity index (χ4v) is 6.91. The van der Waals surface area contributed by atoms with Gasteiger partial charge in [-0.15, -0.1) is 0 Å². The monoisotopic (exact) mass is 595 g/mol. The lowest BCUT2D eigenvalue weighted by Crippen LogP contribution is -2.39. The van der Waals surface area contributed by atoms with Crippen molar-refractivity contribution in [3.05, 3.63) is 65.3 Å². The van der Waals surface area contributed by atoms with Gasteiger partial charge in [0.2, 0.25) is 16.9 Å². The van der Waals surface area contributed by atoms with E-state index >= 15 is 0 Å². The molecule has 41 heavy (non-hydrogen) atoms. The highest BCUT2D eigenvalue weighted by atomic mass is 35.5. The van der Waals surface area contributed by atoms with Crippen molar-refractivity contribution in [3.63, 3.8) is 0 Å². The first-order valence-corrected chi connectivity index (χ1v) is 15.4. The number of carbonyl (C=O) groups is 1. The Balaban J connectivity index is 1.14. The van der Waals surface area contributed by atoms with Crippen molar-refractivity contribution in [1.82, 2.24) is 14.3 Å². The molecule has 3 aliphatic rings. The summed E-state index contributed by atoms with van der Waals surface area (Å²) in [4.78, 5) is 26.4. The molecule has 13 heteroatoms. The highest BCUT2D eigenvalue weighted by Crippen LogP contribution is 2.32. The molecule has 0 radical (unpaired) electrons. The van der Waals surface area contributed by atoms with Crippen molar-refractivity contribution in [2.75, 3.05) is 29.0 Å². The number of hydrogen-bond acceptors (Lipinski definition) is 9. The number of fused-ring (bicyclic) bond motifs is 6. The molecule has 1 unspecified atom stereocenters. The summed E-state index contributed by atoms with van der Waals surface area (Å²) in [5, 5.41) is 9.97. The Bertz CT molecular complexity index is 1600. The van der Waals surface area contributed by atoms with Gasteiger partial charge in [-0.2, -0.15) is 9.29 Å². The average molecular weight is 596 g/mol. The SMILES string of the molecule is O=C(CC1CCN(S(=O)(=O)c2ccco2)CC1)Nc1ccc2cc1CCC1C=NC=C(C1)Nc1ncc(Cl)c(n1)N2. The zero-order chi connectivity index (χ0) is 28.4. The lowest BCUT2D eigenvalue weighted by molar-refractivity contribution is -0.117. The number of sulfonamides is 1. The first kappa shape index (κ1) is 27.4. The second-order valence-electron chi connectivity index (χ2n) is 10.5. The van der Waals surface area contributed by atoms with E-state index in [1.54, 1.807) is 18.5 Å². The quantitative estimate of drug-likeness (QED) is 0.366. The van der Waals surface area contributed by atoms with Gasteiger partial charge in [0.1, 0.15) is 5.02 Å². The van der Waals surface area contributed by atoms with Gasteiger partial charge in [-0.05, 0) is 73.9 Å². The summed E-state index contributed by atoms with van der Waals surface area (Å²) < 4.78 is 32.0. The Kier molecular flexibility index (Phi) is 7.78. The van der Waals surface area contributed by atoms with Crippen molar-refractivity contribution in [3.8, 4) is 0 Å². The predicted octanol–water partition coefficient (Wildman–Crippen LogP) is 5.19. The molecule has 1 saturated heterocycles. The van der Waals surface area contributed by atoms with E-state index in [1.165, 1.54) is 16.6 Å².